The number of nitrogens with one attached hydrogen (secondary N) is 1. The summed E-state index contributed by atoms with van der Waals surface area (Å²) in [6.07, 6.45) is 0. The van der Waals surface area contributed by atoms with Crippen LogP contribution in [-0.2, 0) is 11.3 Å². The Bertz CT molecular complexity index is 363. The van der Waals surface area contributed by atoms with Gasteiger partial charge in [-0.05, 0) is 40.7 Å². The smallest absolute Gasteiger partial charge is 0.0834 e. The predicted molar refractivity (Wildman–Crippen MR) is 82.7 cm³/mol. The summed E-state index contributed by atoms with van der Waals surface area (Å²) in [6, 6.07) is 8.30. The van der Waals surface area contributed by atoms with E-state index in [2.05, 4.69) is 74.7 Å². The average molecular weight is 347 g/mol. The molecule has 2 nitrogen and oxygen atoms in total. The molecule has 0 amide bonds. The van der Waals surface area contributed by atoms with Gasteiger partial charge in [0.1, 0.15) is 0 Å². The predicted octanol–water partition coefficient (Wildman–Crippen LogP) is 4.58. The van der Waals surface area contributed by atoms with Crippen LogP contribution in [0.5, 0.6) is 0 Å². The fourth-order valence-electron chi connectivity index (χ4n) is 1.38. The summed E-state index contributed by atoms with van der Waals surface area (Å²) in [5.74, 6) is 0. The molecule has 0 aliphatic carbocycles. The van der Waals surface area contributed by atoms with E-state index in [-0.39, 0.29) is 9.15 Å². The summed E-state index contributed by atoms with van der Waals surface area (Å²) < 4.78 is 5.87. The van der Waals surface area contributed by atoms with Gasteiger partial charge < -0.3 is 10.1 Å². The third-order valence-corrected chi connectivity index (χ3v) is 2.38. The molecule has 1 aromatic rings. The van der Waals surface area contributed by atoms with Crippen molar-refractivity contribution in [1.82, 2.24) is 0 Å². The summed E-state index contributed by atoms with van der Waals surface area (Å²) in [4.78, 5) is 0. The van der Waals surface area contributed by atoms with E-state index >= 15 is 0 Å². The van der Waals surface area contributed by atoms with Crippen molar-refractivity contribution >= 4 is 28.3 Å². The van der Waals surface area contributed by atoms with E-state index in [1.165, 1.54) is 5.56 Å². The molecule has 1 aromatic carbocycles. The molecule has 0 aliphatic rings. The molecule has 0 heterocycles. The van der Waals surface area contributed by atoms with Crippen molar-refractivity contribution in [1.29, 1.82) is 0 Å². The van der Waals surface area contributed by atoms with Gasteiger partial charge in [-0.2, -0.15) is 0 Å². The highest BCUT2D eigenvalue weighted by atomic mass is 127. The topological polar surface area (TPSA) is 21.3 Å². The van der Waals surface area contributed by atoms with Gasteiger partial charge in [-0.3, -0.25) is 0 Å². The fraction of sp³-hybridized carbons (Fsp3) is 0.571. The Balaban J connectivity index is 2.78. The van der Waals surface area contributed by atoms with E-state index in [1.807, 2.05) is 12.1 Å². The quantitative estimate of drug-likeness (QED) is 0.489. The lowest BCUT2D eigenvalue weighted by Crippen LogP contribution is -2.24. The molecule has 1 N–H and O–H groups in total. The standard InChI is InChI=1S/C14H22INO/c1-13(2,3)17-10-11-8-6-7-9-12(11)16-14(4,5)15/h6-9,16H,10H2,1-5H3. The molecule has 17 heavy (non-hydrogen) atoms. The molecule has 0 radical (unpaired) electrons. The summed E-state index contributed by atoms with van der Waals surface area (Å²) >= 11 is 2.39. The van der Waals surface area contributed by atoms with E-state index in [4.69, 9.17) is 4.74 Å². The van der Waals surface area contributed by atoms with E-state index in [0.29, 0.717) is 6.61 Å². The minimum atomic E-state index is -0.104. The van der Waals surface area contributed by atoms with E-state index in [9.17, 15) is 0 Å². The van der Waals surface area contributed by atoms with Crippen LogP contribution in [0.1, 0.15) is 40.2 Å². The highest BCUT2D eigenvalue weighted by Gasteiger charge is 2.15. The Kier molecular flexibility index (Phi) is 4.84. The van der Waals surface area contributed by atoms with E-state index < -0.39 is 0 Å². The van der Waals surface area contributed by atoms with Crippen molar-refractivity contribution in [2.75, 3.05) is 5.32 Å². The lowest BCUT2D eigenvalue weighted by molar-refractivity contribution is -0.0147. The molecule has 0 atom stereocenters. The minimum Gasteiger partial charge on any atom is -0.371 e. The van der Waals surface area contributed by atoms with E-state index in [0.717, 1.165) is 5.69 Å². The number of hydrogen-bond donors (Lipinski definition) is 1. The number of benzene rings is 1. The van der Waals surface area contributed by atoms with Gasteiger partial charge in [0.05, 0.1) is 15.8 Å². The maximum Gasteiger partial charge on any atom is 0.0834 e. The summed E-state index contributed by atoms with van der Waals surface area (Å²) in [7, 11) is 0. The van der Waals surface area contributed by atoms with Gasteiger partial charge in [0.2, 0.25) is 0 Å². The maximum atomic E-state index is 5.83. The highest BCUT2D eigenvalue weighted by Crippen LogP contribution is 2.25. The molecular weight excluding hydrogens is 325 g/mol. The van der Waals surface area contributed by atoms with Crippen LogP contribution >= 0.6 is 22.6 Å². The fourth-order valence-corrected chi connectivity index (χ4v) is 1.67. The van der Waals surface area contributed by atoms with Crippen LogP contribution in [0, 0.1) is 0 Å². The lowest BCUT2D eigenvalue weighted by Gasteiger charge is -2.24. The molecule has 0 bridgehead atoms. The second-order valence-electron chi connectivity index (χ2n) is 5.66. The summed E-state index contributed by atoms with van der Waals surface area (Å²) in [5, 5.41) is 3.49. The molecule has 0 saturated carbocycles. The second-order valence-corrected chi connectivity index (χ2v) is 8.35. The zero-order valence-electron chi connectivity index (χ0n) is 11.3. The van der Waals surface area contributed by atoms with Gasteiger partial charge >= 0.3 is 0 Å². The van der Waals surface area contributed by atoms with Crippen LogP contribution < -0.4 is 5.32 Å². The van der Waals surface area contributed by atoms with Crippen LogP contribution in [0.3, 0.4) is 0 Å². The number of halogens is 1. The van der Waals surface area contributed by atoms with E-state index in [1.54, 1.807) is 0 Å². The Labute approximate surface area is 118 Å². The van der Waals surface area contributed by atoms with Crippen molar-refractivity contribution in [3.63, 3.8) is 0 Å². The molecule has 0 aromatic heterocycles. The Morgan fingerprint density at radius 3 is 2.24 bits per heavy atom. The van der Waals surface area contributed by atoms with Crippen LogP contribution in [0.4, 0.5) is 5.69 Å². The molecule has 0 spiro atoms. The Morgan fingerprint density at radius 2 is 1.71 bits per heavy atom. The van der Waals surface area contributed by atoms with Gasteiger partial charge in [0.15, 0.2) is 0 Å². The zero-order chi connectivity index (χ0) is 13.1. The number of rotatable bonds is 4. The first-order valence-electron chi connectivity index (χ1n) is 5.86. The van der Waals surface area contributed by atoms with Gasteiger partial charge in [0, 0.05) is 11.3 Å². The first kappa shape index (κ1) is 14.8. The van der Waals surface area contributed by atoms with Gasteiger partial charge in [-0.1, -0.05) is 40.8 Å². The van der Waals surface area contributed by atoms with Crippen molar-refractivity contribution in [3.05, 3.63) is 29.8 Å². The average Bonchev–Trinajstić information content (AvgIpc) is 2.12. The normalized spacial score (nSPS) is 12.6. The Morgan fingerprint density at radius 1 is 1.12 bits per heavy atom. The van der Waals surface area contributed by atoms with Crippen molar-refractivity contribution in [2.24, 2.45) is 0 Å². The number of hydrogen-bond acceptors (Lipinski definition) is 2. The van der Waals surface area contributed by atoms with Crippen LogP contribution in [0.25, 0.3) is 0 Å². The van der Waals surface area contributed by atoms with Crippen LogP contribution in [-0.4, -0.2) is 9.15 Å². The van der Waals surface area contributed by atoms with Gasteiger partial charge in [0.25, 0.3) is 0 Å². The number of para-hydroxylation sites is 1. The highest BCUT2D eigenvalue weighted by molar-refractivity contribution is 14.1. The van der Waals surface area contributed by atoms with Crippen molar-refractivity contribution in [2.45, 2.75) is 50.4 Å². The summed E-state index contributed by atoms with van der Waals surface area (Å²) in [6.45, 7) is 11.2. The molecule has 1 rings (SSSR count). The zero-order valence-corrected chi connectivity index (χ0v) is 13.5. The minimum absolute atomic E-state index is 0.0373. The first-order valence-corrected chi connectivity index (χ1v) is 6.94. The van der Waals surface area contributed by atoms with Crippen molar-refractivity contribution < 1.29 is 4.74 Å². The number of anilines is 1. The van der Waals surface area contributed by atoms with Gasteiger partial charge in [-0.25, -0.2) is 0 Å². The number of ether oxygens (including phenoxy) is 1. The molecule has 0 fully saturated rings. The summed E-state index contributed by atoms with van der Waals surface area (Å²) in [5.41, 5.74) is 2.25. The molecular formula is C14H22INO. The molecule has 3 heteroatoms. The monoisotopic (exact) mass is 347 g/mol. The lowest BCUT2D eigenvalue weighted by atomic mass is 10.1. The SMILES string of the molecule is CC(C)(I)Nc1ccccc1COC(C)(C)C. The second kappa shape index (κ2) is 5.57. The molecule has 0 aliphatic heterocycles. The maximum absolute atomic E-state index is 5.83. The van der Waals surface area contributed by atoms with Gasteiger partial charge in [-0.15, -0.1) is 0 Å². The molecule has 0 unspecified atom stereocenters. The molecule has 96 valence electrons. The van der Waals surface area contributed by atoms with Crippen molar-refractivity contribution in [3.8, 4) is 0 Å². The Hall–Kier alpha value is -0.290. The third kappa shape index (κ3) is 6.27. The van der Waals surface area contributed by atoms with Crippen LogP contribution in [0.15, 0.2) is 24.3 Å². The first-order chi connectivity index (χ1) is 7.67. The largest absolute Gasteiger partial charge is 0.371 e. The third-order valence-electron chi connectivity index (χ3n) is 2.11. The molecule has 0 saturated heterocycles. The van der Waals surface area contributed by atoms with Crippen LogP contribution in [0.2, 0.25) is 0 Å². The number of alkyl halides is 1.